The van der Waals surface area contributed by atoms with Crippen LogP contribution < -0.4 is 5.73 Å². The van der Waals surface area contributed by atoms with Gasteiger partial charge in [0.25, 0.3) is 0 Å². The summed E-state index contributed by atoms with van der Waals surface area (Å²) in [5.74, 6) is 0.930. The zero-order valence-electron chi connectivity index (χ0n) is 12.4. The smallest absolute Gasteiger partial charge is 0.360 e. The Kier molecular flexibility index (Phi) is 4.96. The van der Waals surface area contributed by atoms with Crippen molar-refractivity contribution in [3.05, 3.63) is 11.5 Å². The number of hydrogen-bond donors (Lipinski definition) is 1. The molecule has 2 unspecified atom stereocenters. The molecule has 20 heavy (non-hydrogen) atoms. The van der Waals surface area contributed by atoms with Crippen molar-refractivity contribution in [3.8, 4) is 0 Å². The highest BCUT2D eigenvalue weighted by molar-refractivity contribution is 7.99. The van der Waals surface area contributed by atoms with E-state index in [1.54, 1.807) is 6.92 Å². The number of thioether (sulfide) groups is 1. The molecule has 1 aliphatic rings. The highest BCUT2D eigenvalue weighted by Gasteiger charge is 2.33. The van der Waals surface area contributed by atoms with Crippen LogP contribution in [0.1, 0.15) is 55.5 Å². The molecular formula is C14H23N3O2S. The van der Waals surface area contributed by atoms with Crippen molar-refractivity contribution in [1.29, 1.82) is 0 Å². The summed E-state index contributed by atoms with van der Waals surface area (Å²) in [6.45, 7) is 4.16. The minimum atomic E-state index is -0.419. The van der Waals surface area contributed by atoms with Crippen molar-refractivity contribution < 1.29 is 9.53 Å². The Morgan fingerprint density at radius 3 is 2.85 bits per heavy atom. The van der Waals surface area contributed by atoms with Crippen LogP contribution in [0.15, 0.2) is 0 Å². The molecule has 0 amide bonds. The summed E-state index contributed by atoms with van der Waals surface area (Å²) < 4.78 is 7.11. The van der Waals surface area contributed by atoms with E-state index in [9.17, 15) is 4.79 Å². The molecule has 1 aromatic heterocycles. The van der Waals surface area contributed by atoms with E-state index in [2.05, 4.69) is 15.8 Å². The zero-order valence-corrected chi connectivity index (χ0v) is 13.2. The lowest BCUT2D eigenvalue weighted by Gasteiger charge is -2.22. The fourth-order valence-electron chi connectivity index (χ4n) is 2.94. The van der Waals surface area contributed by atoms with Gasteiger partial charge in [0.1, 0.15) is 11.6 Å². The predicted molar refractivity (Wildman–Crippen MR) is 82.2 cm³/mol. The number of nitrogen functional groups attached to an aromatic ring is 1. The van der Waals surface area contributed by atoms with Gasteiger partial charge in [-0.1, -0.05) is 13.3 Å². The Bertz CT molecular complexity index is 487. The zero-order chi connectivity index (χ0) is 14.7. The van der Waals surface area contributed by atoms with Crippen molar-refractivity contribution in [3.63, 3.8) is 0 Å². The molecule has 2 rings (SSSR count). The van der Waals surface area contributed by atoms with Crippen molar-refractivity contribution in [2.45, 2.75) is 50.8 Å². The van der Waals surface area contributed by atoms with Crippen LogP contribution >= 0.6 is 11.8 Å². The number of hydrogen-bond acceptors (Lipinski definition) is 5. The Morgan fingerprint density at radius 2 is 2.25 bits per heavy atom. The number of nitrogens with two attached hydrogens (primary N) is 1. The first-order valence-corrected chi connectivity index (χ1v) is 8.49. The fraction of sp³-hybridized carbons (Fsp3) is 0.714. The number of aromatic nitrogens is 2. The molecule has 112 valence electrons. The van der Waals surface area contributed by atoms with Crippen molar-refractivity contribution in [2.75, 3.05) is 18.6 Å². The van der Waals surface area contributed by atoms with Crippen molar-refractivity contribution >= 4 is 23.5 Å². The number of ether oxygens (including phenoxy) is 1. The first-order chi connectivity index (χ1) is 9.63. The number of carbonyl (C=O) groups is 1. The molecule has 6 heteroatoms. The van der Waals surface area contributed by atoms with E-state index in [4.69, 9.17) is 10.5 Å². The third-order valence-corrected chi connectivity index (χ3v) is 5.01. The third-order valence-electron chi connectivity index (χ3n) is 3.86. The van der Waals surface area contributed by atoms with Gasteiger partial charge in [-0.2, -0.15) is 11.8 Å². The minimum absolute atomic E-state index is 0.274. The molecule has 0 radical (unpaired) electrons. The third kappa shape index (κ3) is 2.66. The summed E-state index contributed by atoms with van der Waals surface area (Å²) in [5, 5.41) is 0.548. The van der Waals surface area contributed by atoms with Gasteiger partial charge in [-0.15, -0.1) is 0 Å². The maximum absolute atomic E-state index is 11.9. The van der Waals surface area contributed by atoms with Gasteiger partial charge >= 0.3 is 5.97 Å². The van der Waals surface area contributed by atoms with Crippen LogP contribution in [0.5, 0.6) is 0 Å². The van der Waals surface area contributed by atoms with Crippen LogP contribution in [-0.2, 0) is 11.2 Å². The topological polar surface area (TPSA) is 70.1 Å². The predicted octanol–water partition coefficient (Wildman–Crippen LogP) is 2.66. The molecule has 2 atom stereocenters. The van der Waals surface area contributed by atoms with Gasteiger partial charge in [0, 0.05) is 17.7 Å². The van der Waals surface area contributed by atoms with Gasteiger partial charge in [-0.3, -0.25) is 0 Å². The fourth-order valence-corrected chi connectivity index (χ4v) is 3.91. The Balaban J connectivity index is 2.39. The number of carbonyl (C=O) groups excluding carboxylic acids is 1. The van der Waals surface area contributed by atoms with E-state index in [1.165, 1.54) is 12.8 Å². The molecule has 1 aromatic rings. The molecule has 1 heterocycles. The minimum Gasteiger partial charge on any atom is -0.461 e. The summed E-state index contributed by atoms with van der Waals surface area (Å²) in [6.07, 6.45) is 6.39. The number of nitrogens with zero attached hydrogens (tertiary/aromatic N) is 2. The van der Waals surface area contributed by atoms with Crippen LogP contribution in [-0.4, -0.2) is 33.6 Å². The Hall–Kier alpha value is -1.17. The monoisotopic (exact) mass is 297 g/mol. The number of anilines is 1. The summed E-state index contributed by atoms with van der Waals surface area (Å²) in [5.41, 5.74) is 6.47. The molecule has 0 aromatic carbocycles. The molecule has 1 saturated carbocycles. The number of rotatable bonds is 5. The van der Waals surface area contributed by atoms with Crippen molar-refractivity contribution in [2.24, 2.45) is 0 Å². The quantitative estimate of drug-likeness (QED) is 0.846. The van der Waals surface area contributed by atoms with E-state index >= 15 is 0 Å². The second-order valence-electron chi connectivity index (χ2n) is 4.98. The second kappa shape index (κ2) is 6.52. The van der Waals surface area contributed by atoms with E-state index in [1.807, 2.05) is 18.7 Å². The molecule has 0 spiro atoms. The number of aryl methyl sites for hydroxylation is 1. The summed E-state index contributed by atoms with van der Waals surface area (Å²) in [6, 6.07) is 0.343. The highest BCUT2D eigenvalue weighted by atomic mass is 32.2. The van der Waals surface area contributed by atoms with Crippen LogP contribution in [0.4, 0.5) is 5.82 Å². The van der Waals surface area contributed by atoms with Gasteiger partial charge in [0.2, 0.25) is 0 Å². The maximum Gasteiger partial charge on any atom is 0.360 e. The molecule has 0 saturated heterocycles. The molecule has 5 nitrogen and oxygen atoms in total. The maximum atomic E-state index is 11.9. The Labute approximate surface area is 124 Å². The normalized spacial score (nSPS) is 22.1. The largest absolute Gasteiger partial charge is 0.461 e. The number of imidazole rings is 1. The van der Waals surface area contributed by atoms with E-state index < -0.39 is 5.97 Å². The van der Waals surface area contributed by atoms with E-state index in [0.717, 1.165) is 18.7 Å². The van der Waals surface area contributed by atoms with Crippen LogP contribution in [0, 0.1) is 0 Å². The average Bonchev–Trinajstić information content (AvgIpc) is 3.02. The van der Waals surface area contributed by atoms with Crippen LogP contribution in [0.25, 0.3) is 0 Å². The van der Waals surface area contributed by atoms with E-state index in [0.29, 0.717) is 23.7 Å². The lowest BCUT2D eigenvalue weighted by molar-refractivity contribution is 0.0521. The van der Waals surface area contributed by atoms with Crippen LogP contribution in [0.2, 0.25) is 0 Å². The second-order valence-corrected chi connectivity index (χ2v) is 6.06. The molecule has 0 aliphatic heterocycles. The van der Waals surface area contributed by atoms with Crippen LogP contribution in [0.3, 0.4) is 0 Å². The molecule has 1 fully saturated rings. The molecule has 1 aliphatic carbocycles. The van der Waals surface area contributed by atoms with Gasteiger partial charge in [-0.05, 0) is 26.0 Å². The average molecular weight is 297 g/mol. The van der Waals surface area contributed by atoms with E-state index in [-0.39, 0.29) is 5.69 Å². The van der Waals surface area contributed by atoms with Gasteiger partial charge in [0.05, 0.1) is 6.61 Å². The number of esters is 1. The summed E-state index contributed by atoms with van der Waals surface area (Å²) in [7, 11) is 0. The lowest BCUT2D eigenvalue weighted by atomic mass is 10.2. The molecular weight excluding hydrogens is 274 g/mol. The summed E-state index contributed by atoms with van der Waals surface area (Å²) >= 11 is 1.87. The first kappa shape index (κ1) is 15.2. The SMILES string of the molecule is CCOC(=O)c1nc(CC)n(C2CCCC2SC)c1N. The van der Waals surface area contributed by atoms with Gasteiger partial charge < -0.3 is 15.0 Å². The standard InChI is InChI=1S/C14H23N3O2S/c1-4-11-16-12(14(18)19-5-2)13(15)17(11)9-7-6-8-10(9)20-3/h9-10H,4-8,15H2,1-3H3. The summed E-state index contributed by atoms with van der Waals surface area (Å²) in [4.78, 5) is 16.3. The molecule has 0 bridgehead atoms. The first-order valence-electron chi connectivity index (χ1n) is 7.20. The lowest BCUT2D eigenvalue weighted by Crippen LogP contribution is -2.20. The van der Waals surface area contributed by atoms with Gasteiger partial charge in [0.15, 0.2) is 5.69 Å². The molecule has 2 N–H and O–H groups in total. The Morgan fingerprint density at radius 1 is 1.50 bits per heavy atom. The van der Waals surface area contributed by atoms with Gasteiger partial charge in [-0.25, -0.2) is 9.78 Å². The van der Waals surface area contributed by atoms with Crippen molar-refractivity contribution in [1.82, 2.24) is 9.55 Å². The highest BCUT2D eigenvalue weighted by Crippen LogP contribution is 2.40.